The molecule has 0 aliphatic heterocycles. The summed E-state index contributed by atoms with van der Waals surface area (Å²) in [6.45, 7) is 3.97. The smallest absolute Gasteiger partial charge is 0.331 e. The second-order valence-corrected chi connectivity index (χ2v) is 3.93. The van der Waals surface area contributed by atoms with Crippen molar-refractivity contribution in [3.05, 3.63) is 12.2 Å². The van der Waals surface area contributed by atoms with Crippen molar-refractivity contribution in [1.82, 2.24) is 0 Å². The number of ether oxygens (including phenoxy) is 1. The normalized spacial score (nSPS) is 13.0. The average molecular weight is 230 g/mol. The number of carbonyl (C=O) groups excluding carboxylic acids is 1. The van der Waals surface area contributed by atoms with Crippen LogP contribution in [-0.4, -0.2) is 34.9 Å². The van der Waals surface area contributed by atoms with Gasteiger partial charge in [0.1, 0.15) is 6.61 Å². The highest BCUT2D eigenvalue weighted by atomic mass is 16.5. The largest absolute Gasteiger partial charge is 0.478 e. The lowest BCUT2D eigenvalue weighted by Crippen LogP contribution is -2.18. The van der Waals surface area contributed by atoms with Gasteiger partial charge < -0.3 is 14.9 Å². The Hall–Kier alpha value is -1.36. The maximum absolute atomic E-state index is 10.9. The molecule has 1 atom stereocenters. The van der Waals surface area contributed by atoms with Crippen LogP contribution in [-0.2, 0) is 14.3 Å². The van der Waals surface area contributed by atoms with Crippen molar-refractivity contribution in [2.24, 2.45) is 5.92 Å². The van der Waals surface area contributed by atoms with Gasteiger partial charge in [0.15, 0.2) is 0 Å². The minimum absolute atomic E-state index is 0.102. The zero-order chi connectivity index (χ0) is 12.6. The fourth-order valence-corrected chi connectivity index (χ4v) is 0.975. The number of esters is 1. The number of aliphatic hydroxyl groups is 1. The Balaban J connectivity index is 3.70. The van der Waals surface area contributed by atoms with Crippen LogP contribution in [0.4, 0.5) is 0 Å². The minimum Gasteiger partial charge on any atom is -0.478 e. The number of rotatable bonds is 7. The third kappa shape index (κ3) is 9.21. The van der Waals surface area contributed by atoms with Crippen LogP contribution in [0.5, 0.6) is 0 Å². The number of carboxylic acid groups (broad SMARTS) is 1. The molecule has 2 N–H and O–H groups in total. The topological polar surface area (TPSA) is 83.8 Å². The van der Waals surface area contributed by atoms with Crippen molar-refractivity contribution in [2.75, 3.05) is 6.61 Å². The van der Waals surface area contributed by atoms with Gasteiger partial charge in [-0.3, -0.25) is 0 Å². The van der Waals surface area contributed by atoms with Crippen molar-refractivity contribution >= 4 is 11.9 Å². The van der Waals surface area contributed by atoms with Gasteiger partial charge in [0, 0.05) is 12.2 Å². The van der Waals surface area contributed by atoms with Crippen LogP contribution in [0.2, 0.25) is 0 Å². The second kappa shape index (κ2) is 7.87. The van der Waals surface area contributed by atoms with Crippen molar-refractivity contribution < 1.29 is 24.5 Å². The zero-order valence-electron chi connectivity index (χ0n) is 9.55. The fraction of sp³-hybridized carbons (Fsp3) is 0.636. The number of carboxylic acids is 1. The lowest BCUT2D eigenvalue weighted by atomic mass is 10.1. The predicted molar refractivity (Wildman–Crippen MR) is 57.8 cm³/mol. The van der Waals surface area contributed by atoms with E-state index in [-0.39, 0.29) is 6.61 Å². The molecular weight excluding hydrogens is 212 g/mol. The van der Waals surface area contributed by atoms with Crippen LogP contribution in [0.25, 0.3) is 0 Å². The molecular formula is C11H18O5. The van der Waals surface area contributed by atoms with E-state index in [9.17, 15) is 14.7 Å². The van der Waals surface area contributed by atoms with Gasteiger partial charge in [-0.15, -0.1) is 0 Å². The summed E-state index contributed by atoms with van der Waals surface area (Å²) < 4.78 is 4.65. The van der Waals surface area contributed by atoms with Crippen LogP contribution >= 0.6 is 0 Å². The van der Waals surface area contributed by atoms with Crippen molar-refractivity contribution in [1.29, 1.82) is 0 Å². The zero-order valence-corrected chi connectivity index (χ0v) is 9.55. The maximum Gasteiger partial charge on any atom is 0.331 e. The van der Waals surface area contributed by atoms with E-state index in [2.05, 4.69) is 4.74 Å². The van der Waals surface area contributed by atoms with E-state index in [0.29, 0.717) is 18.4 Å². The first-order valence-electron chi connectivity index (χ1n) is 5.17. The standard InChI is InChI=1S/C11H18O5/c1-8(2)3-4-9(12)7-16-11(15)6-5-10(13)14/h5-6,8-9,12H,3-4,7H2,1-2H3,(H,13,14). The van der Waals surface area contributed by atoms with Crippen LogP contribution in [0.1, 0.15) is 26.7 Å². The lowest BCUT2D eigenvalue weighted by molar-refractivity contribution is -0.141. The van der Waals surface area contributed by atoms with E-state index in [0.717, 1.165) is 12.5 Å². The molecule has 0 amide bonds. The SMILES string of the molecule is CC(C)CCC(O)COC(=O)C=CC(=O)O. The molecule has 0 spiro atoms. The first-order valence-corrected chi connectivity index (χ1v) is 5.17. The molecule has 0 fully saturated rings. The molecule has 0 bridgehead atoms. The number of carbonyl (C=O) groups is 2. The van der Waals surface area contributed by atoms with E-state index in [1.54, 1.807) is 0 Å². The van der Waals surface area contributed by atoms with E-state index < -0.39 is 18.0 Å². The number of hydrogen-bond acceptors (Lipinski definition) is 4. The van der Waals surface area contributed by atoms with Gasteiger partial charge in [0.2, 0.25) is 0 Å². The summed E-state index contributed by atoms with van der Waals surface area (Å²) in [4.78, 5) is 21.0. The van der Waals surface area contributed by atoms with Gasteiger partial charge in [-0.2, -0.15) is 0 Å². The van der Waals surface area contributed by atoms with E-state index in [1.807, 2.05) is 13.8 Å². The molecule has 0 aliphatic rings. The average Bonchev–Trinajstić information content (AvgIpc) is 2.20. The third-order valence-electron chi connectivity index (χ3n) is 1.86. The number of hydrogen-bond donors (Lipinski definition) is 2. The Morgan fingerprint density at radius 2 is 1.88 bits per heavy atom. The van der Waals surface area contributed by atoms with Crippen molar-refractivity contribution in [2.45, 2.75) is 32.8 Å². The Bertz CT molecular complexity index is 257. The molecule has 0 aromatic carbocycles. The first-order chi connectivity index (χ1) is 7.41. The maximum atomic E-state index is 10.9. The minimum atomic E-state index is -1.21. The van der Waals surface area contributed by atoms with Crippen LogP contribution in [0.3, 0.4) is 0 Å². The molecule has 0 saturated carbocycles. The molecule has 5 heteroatoms. The van der Waals surface area contributed by atoms with E-state index in [1.165, 1.54) is 0 Å². The molecule has 0 aliphatic carbocycles. The van der Waals surface area contributed by atoms with Gasteiger partial charge in [0.05, 0.1) is 6.10 Å². The van der Waals surface area contributed by atoms with Gasteiger partial charge in [-0.1, -0.05) is 13.8 Å². The van der Waals surface area contributed by atoms with Gasteiger partial charge >= 0.3 is 11.9 Å². The summed E-state index contributed by atoms with van der Waals surface area (Å²) in [5, 5.41) is 17.6. The Labute approximate surface area is 94.7 Å². The van der Waals surface area contributed by atoms with Crippen molar-refractivity contribution in [3.8, 4) is 0 Å². The summed E-state index contributed by atoms with van der Waals surface area (Å²) in [5.41, 5.74) is 0. The highest BCUT2D eigenvalue weighted by molar-refractivity contribution is 5.90. The van der Waals surface area contributed by atoms with Gasteiger partial charge in [-0.25, -0.2) is 9.59 Å². The van der Waals surface area contributed by atoms with Crippen LogP contribution < -0.4 is 0 Å². The van der Waals surface area contributed by atoms with Crippen LogP contribution in [0, 0.1) is 5.92 Å². The van der Waals surface area contributed by atoms with Gasteiger partial charge in [0.25, 0.3) is 0 Å². The molecule has 92 valence electrons. The molecule has 0 aromatic rings. The molecule has 1 unspecified atom stereocenters. The molecule has 16 heavy (non-hydrogen) atoms. The lowest BCUT2D eigenvalue weighted by Gasteiger charge is -2.11. The molecule has 0 heterocycles. The third-order valence-corrected chi connectivity index (χ3v) is 1.86. The summed E-state index contributed by atoms with van der Waals surface area (Å²) in [6.07, 6.45) is 2.24. The number of aliphatic hydroxyl groups excluding tert-OH is 1. The second-order valence-electron chi connectivity index (χ2n) is 3.93. The highest BCUT2D eigenvalue weighted by Gasteiger charge is 2.08. The van der Waals surface area contributed by atoms with Crippen LogP contribution in [0.15, 0.2) is 12.2 Å². The fourth-order valence-electron chi connectivity index (χ4n) is 0.975. The molecule has 0 rings (SSSR count). The summed E-state index contributed by atoms with van der Waals surface area (Å²) in [7, 11) is 0. The first kappa shape index (κ1) is 14.6. The monoisotopic (exact) mass is 230 g/mol. The summed E-state index contributed by atoms with van der Waals surface area (Å²) in [6, 6.07) is 0. The Kier molecular flexibility index (Phi) is 7.20. The Morgan fingerprint density at radius 3 is 2.38 bits per heavy atom. The quantitative estimate of drug-likeness (QED) is 0.503. The van der Waals surface area contributed by atoms with Crippen molar-refractivity contribution in [3.63, 3.8) is 0 Å². The highest BCUT2D eigenvalue weighted by Crippen LogP contribution is 2.06. The Morgan fingerprint density at radius 1 is 1.25 bits per heavy atom. The molecule has 0 aromatic heterocycles. The van der Waals surface area contributed by atoms with E-state index in [4.69, 9.17) is 5.11 Å². The summed E-state index contributed by atoms with van der Waals surface area (Å²) >= 11 is 0. The molecule has 5 nitrogen and oxygen atoms in total. The molecule has 0 radical (unpaired) electrons. The molecule has 0 saturated heterocycles. The van der Waals surface area contributed by atoms with E-state index >= 15 is 0 Å². The predicted octanol–water partition coefficient (Wildman–Crippen LogP) is 0.967. The van der Waals surface area contributed by atoms with Gasteiger partial charge in [-0.05, 0) is 18.8 Å². The number of aliphatic carboxylic acids is 1. The summed E-state index contributed by atoms with van der Waals surface area (Å²) in [5.74, 6) is -1.49.